The van der Waals surface area contributed by atoms with E-state index in [1.165, 1.54) is 0 Å². The van der Waals surface area contributed by atoms with E-state index in [2.05, 4.69) is 21.7 Å². The van der Waals surface area contributed by atoms with Crippen LogP contribution in [0.4, 0.5) is 0 Å². The Labute approximate surface area is 116 Å². The van der Waals surface area contributed by atoms with Gasteiger partial charge in [-0.3, -0.25) is 0 Å². The van der Waals surface area contributed by atoms with E-state index in [4.69, 9.17) is 18.0 Å². The monoisotopic (exact) mass is 267 g/mol. The van der Waals surface area contributed by atoms with E-state index in [1.807, 2.05) is 42.7 Å². The molecule has 0 saturated carbocycles. The molecular formula is C15H13N3S. The average Bonchev–Trinajstić information content (AvgIpc) is 2.83. The lowest BCUT2D eigenvalue weighted by Gasteiger charge is -2.06. The van der Waals surface area contributed by atoms with Gasteiger partial charge < -0.3 is 10.3 Å². The summed E-state index contributed by atoms with van der Waals surface area (Å²) in [5.41, 5.74) is 9.85. The van der Waals surface area contributed by atoms with Gasteiger partial charge in [0.05, 0.1) is 17.4 Å². The zero-order valence-electron chi connectivity index (χ0n) is 10.3. The first-order valence-corrected chi connectivity index (χ1v) is 6.43. The minimum absolute atomic E-state index is 0.428. The number of hydrogen-bond acceptors (Lipinski definition) is 2. The fourth-order valence-corrected chi connectivity index (χ4v) is 2.28. The molecule has 0 aliphatic carbocycles. The van der Waals surface area contributed by atoms with Crippen LogP contribution in [0.25, 0.3) is 11.0 Å². The lowest BCUT2D eigenvalue weighted by atomic mass is 10.1. The topological polar surface area (TPSA) is 43.8 Å². The van der Waals surface area contributed by atoms with Crippen LogP contribution in [0.3, 0.4) is 0 Å². The van der Waals surface area contributed by atoms with Gasteiger partial charge in [-0.1, -0.05) is 42.5 Å². The molecule has 0 amide bonds. The summed E-state index contributed by atoms with van der Waals surface area (Å²) in [7, 11) is 0. The van der Waals surface area contributed by atoms with Crippen molar-refractivity contribution in [2.24, 2.45) is 5.73 Å². The molecule has 2 N–H and O–H groups in total. The normalized spacial score (nSPS) is 10.7. The van der Waals surface area contributed by atoms with Gasteiger partial charge in [0.1, 0.15) is 4.99 Å². The van der Waals surface area contributed by atoms with E-state index in [0.29, 0.717) is 4.99 Å². The number of aromatic nitrogens is 2. The maximum Gasteiger partial charge on any atom is 0.103 e. The molecular weight excluding hydrogens is 254 g/mol. The summed E-state index contributed by atoms with van der Waals surface area (Å²) in [4.78, 5) is 4.81. The van der Waals surface area contributed by atoms with Crippen LogP contribution in [0.2, 0.25) is 0 Å². The maximum atomic E-state index is 5.66. The lowest BCUT2D eigenvalue weighted by Crippen LogP contribution is -2.10. The van der Waals surface area contributed by atoms with Crippen molar-refractivity contribution in [1.29, 1.82) is 0 Å². The summed E-state index contributed by atoms with van der Waals surface area (Å²) < 4.78 is 2.12. The molecule has 0 bridgehead atoms. The van der Waals surface area contributed by atoms with Crippen LogP contribution in [0.1, 0.15) is 11.1 Å². The summed E-state index contributed by atoms with van der Waals surface area (Å²) in [6, 6.07) is 16.1. The smallest absolute Gasteiger partial charge is 0.103 e. The molecule has 0 unspecified atom stereocenters. The molecule has 0 fully saturated rings. The molecule has 0 spiro atoms. The van der Waals surface area contributed by atoms with E-state index < -0.39 is 0 Å². The predicted octanol–water partition coefficient (Wildman–Crippen LogP) is 2.72. The molecule has 1 aromatic heterocycles. The second-order valence-electron chi connectivity index (χ2n) is 4.43. The van der Waals surface area contributed by atoms with Gasteiger partial charge >= 0.3 is 0 Å². The lowest BCUT2D eigenvalue weighted by molar-refractivity contribution is 0.824. The maximum absolute atomic E-state index is 5.66. The third kappa shape index (κ3) is 2.35. The zero-order chi connectivity index (χ0) is 13.2. The standard InChI is InChI=1S/C15H13N3S/c16-15(19)12-5-3-4-11(8-12)9-18-10-17-13-6-1-2-7-14(13)18/h1-8,10H,9H2,(H2,16,19). The highest BCUT2D eigenvalue weighted by Gasteiger charge is 2.03. The Hall–Kier alpha value is -2.20. The highest BCUT2D eigenvalue weighted by molar-refractivity contribution is 7.80. The van der Waals surface area contributed by atoms with Gasteiger partial charge in [0.25, 0.3) is 0 Å². The highest BCUT2D eigenvalue weighted by atomic mass is 32.1. The number of nitrogens with two attached hydrogens (primary N) is 1. The third-order valence-corrected chi connectivity index (χ3v) is 3.33. The van der Waals surface area contributed by atoms with Crippen molar-refractivity contribution in [3.05, 3.63) is 66.0 Å². The molecule has 3 aromatic rings. The third-order valence-electron chi connectivity index (χ3n) is 3.09. The van der Waals surface area contributed by atoms with Crippen molar-refractivity contribution >= 4 is 28.2 Å². The summed E-state index contributed by atoms with van der Waals surface area (Å²) in [5.74, 6) is 0. The van der Waals surface area contributed by atoms with Crippen LogP contribution in [-0.2, 0) is 6.54 Å². The molecule has 0 aliphatic rings. The van der Waals surface area contributed by atoms with E-state index >= 15 is 0 Å². The van der Waals surface area contributed by atoms with Crippen LogP contribution in [0.15, 0.2) is 54.9 Å². The fourth-order valence-electron chi connectivity index (χ4n) is 2.16. The van der Waals surface area contributed by atoms with Crippen LogP contribution in [-0.4, -0.2) is 14.5 Å². The molecule has 3 rings (SSSR count). The number of imidazole rings is 1. The zero-order valence-corrected chi connectivity index (χ0v) is 11.1. The van der Waals surface area contributed by atoms with Gasteiger partial charge in [-0.2, -0.15) is 0 Å². The largest absolute Gasteiger partial charge is 0.389 e. The second kappa shape index (κ2) is 4.82. The van der Waals surface area contributed by atoms with Crippen molar-refractivity contribution < 1.29 is 0 Å². The van der Waals surface area contributed by atoms with Gasteiger partial charge in [-0.25, -0.2) is 4.98 Å². The number of nitrogens with zero attached hydrogens (tertiary/aromatic N) is 2. The quantitative estimate of drug-likeness (QED) is 0.742. The first-order valence-electron chi connectivity index (χ1n) is 6.02. The van der Waals surface area contributed by atoms with E-state index in [1.54, 1.807) is 0 Å². The minimum Gasteiger partial charge on any atom is -0.389 e. The fraction of sp³-hybridized carbons (Fsp3) is 0.0667. The number of para-hydroxylation sites is 2. The van der Waals surface area contributed by atoms with Crippen molar-refractivity contribution in [2.75, 3.05) is 0 Å². The molecule has 0 saturated heterocycles. The number of hydrogen-bond donors (Lipinski definition) is 1. The van der Waals surface area contributed by atoms with E-state index in [0.717, 1.165) is 28.7 Å². The average molecular weight is 267 g/mol. The van der Waals surface area contributed by atoms with Gasteiger partial charge in [0, 0.05) is 12.1 Å². The summed E-state index contributed by atoms with van der Waals surface area (Å²) in [5, 5.41) is 0. The first kappa shape index (κ1) is 11.9. The van der Waals surface area contributed by atoms with Gasteiger partial charge in [-0.15, -0.1) is 0 Å². The van der Waals surface area contributed by atoms with Crippen molar-refractivity contribution in [2.45, 2.75) is 6.54 Å². The van der Waals surface area contributed by atoms with Gasteiger partial charge in [-0.05, 0) is 23.8 Å². The van der Waals surface area contributed by atoms with Crippen LogP contribution in [0, 0.1) is 0 Å². The summed E-state index contributed by atoms with van der Waals surface area (Å²) in [6.45, 7) is 0.761. The molecule has 19 heavy (non-hydrogen) atoms. The summed E-state index contributed by atoms with van der Waals surface area (Å²) in [6.07, 6.45) is 1.86. The molecule has 3 nitrogen and oxygen atoms in total. The van der Waals surface area contributed by atoms with Crippen LogP contribution in [0.5, 0.6) is 0 Å². The number of thiocarbonyl (C=S) groups is 1. The predicted molar refractivity (Wildman–Crippen MR) is 81.2 cm³/mol. The van der Waals surface area contributed by atoms with Crippen molar-refractivity contribution in [3.8, 4) is 0 Å². The van der Waals surface area contributed by atoms with Crippen molar-refractivity contribution in [3.63, 3.8) is 0 Å². The number of fused-ring (bicyclic) bond motifs is 1. The van der Waals surface area contributed by atoms with Gasteiger partial charge in [0.15, 0.2) is 0 Å². The van der Waals surface area contributed by atoms with Crippen LogP contribution >= 0.6 is 12.2 Å². The molecule has 0 aliphatic heterocycles. The number of benzene rings is 2. The molecule has 1 heterocycles. The highest BCUT2D eigenvalue weighted by Crippen LogP contribution is 2.14. The Bertz CT molecular complexity index is 746. The molecule has 2 aromatic carbocycles. The second-order valence-corrected chi connectivity index (χ2v) is 4.87. The van der Waals surface area contributed by atoms with Crippen LogP contribution < -0.4 is 5.73 Å². The van der Waals surface area contributed by atoms with Crippen molar-refractivity contribution in [1.82, 2.24) is 9.55 Å². The van der Waals surface area contributed by atoms with E-state index in [-0.39, 0.29) is 0 Å². The molecule has 4 heteroatoms. The Morgan fingerprint density at radius 2 is 2.00 bits per heavy atom. The van der Waals surface area contributed by atoms with Gasteiger partial charge in [0.2, 0.25) is 0 Å². The Morgan fingerprint density at radius 1 is 1.16 bits per heavy atom. The Morgan fingerprint density at radius 3 is 2.84 bits per heavy atom. The Kier molecular flexibility index (Phi) is 3.01. The Balaban J connectivity index is 1.97. The number of rotatable bonds is 3. The molecule has 94 valence electrons. The first-order chi connectivity index (χ1) is 9.24. The van der Waals surface area contributed by atoms with E-state index in [9.17, 15) is 0 Å². The minimum atomic E-state index is 0.428. The summed E-state index contributed by atoms with van der Waals surface area (Å²) >= 11 is 5.01. The molecule has 0 radical (unpaired) electrons. The SMILES string of the molecule is NC(=S)c1cccc(Cn2cnc3ccccc32)c1. The molecule has 0 atom stereocenters.